The van der Waals surface area contributed by atoms with E-state index in [0.717, 1.165) is 10.8 Å². The number of hydrogen-bond acceptors (Lipinski definition) is 5. The average Bonchev–Trinajstić information content (AvgIpc) is 2.58. The second kappa shape index (κ2) is 4.09. The fourth-order valence-electron chi connectivity index (χ4n) is 1.90. The van der Waals surface area contributed by atoms with Crippen LogP contribution in [-0.2, 0) is 9.84 Å². The van der Waals surface area contributed by atoms with Crippen LogP contribution >= 0.6 is 0 Å². The van der Waals surface area contributed by atoms with Crippen molar-refractivity contribution in [2.24, 2.45) is 0 Å². The molecule has 1 atom stereocenters. The first-order chi connectivity index (χ1) is 8.30. The minimum atomic E-state index is -3.20. The highest BCUT2D eigenvalue weighted by Crippen LogP contribution is 2.21. The Balaban J connectivity index is 2.53. The minimum absolute atomic E-state index is 0.0500. The van der Waals surface area contributed by atoms with Gasteiger partial charge in [0.15, 0.2) is 9.84 Å². The third-order valence-corrected chi connectivity index (χ3v) is 4.55. The Hall–Kier alpha value is -1.90. The molecular formula is C9H10N2O6S. The van der Waals surface area contributed by atoms with Crippen LogP contribution < -0.4 is 11.2 Å². The van der Waals surface area contributed by atoms with E-state index >= 15 is 0 Å². The molecule has 0 bridgehead atoms. The van der Waals surface area contributed by atoms with Crippen molar-refractivity contribution in [1.29, 1.82) is 0 Å². The Morgan fingerprint density at radius 1 is 1.44 bits per heavy atom. The van der Waals surface area contributed by atoms with Crippen LogP contribution in [0.5, 0.6) is 0 Å². The summed E-state index contributed by atoms with van der Waals surface area (Å²) in [5.41, 5.74) is -2.38. The van der Waals surface area contributed by atoms with Gasteiger partial charge in [-0.15, -0.1) is 0 Å². The highest BCUT2D eigenvalue weighted by molar-refractivity contribution is 7.91. The Morgan fingerprint density at radius 2 is 2.11 bits per heavy atom. The Labute approximate surface area is 101 Å². The molecule has 0 aromatic carbocycles. The van der Waals surface area contributed by atoms with Crippen LogP contribution in [0.4, 0.5) is 0 Å². The first-order valence-electron chi connectivity index (χ1n) is 5.09. The lowest BCUT2D eigenvalue weighted by Gasteiger charge is -2.11. The monoisotopic (exact) mass is 274 g/mol. The molecule has 0 radical (unpaired) electrons. The summed E-state index contributed by atoms with van der Waals surface area (Å²) in [5.74, 6) is -1.74. The van der Waals surface area contributed by atoms with Gasteiger partial charge in [0, 0.05) is 6.20 Å². The van der Waals surface area contributed by atoms with Crippen LogP contribution in [0.2, 0.25) is 0 Å². The van der Waals surface area contributed by atoms with Crippen LogP contribution in [0, 0.1) is 0 Å². The zero-order valence-corrected chi connectivity index (χ0v) is 9.94. The van der Waals surface area contributed by atoms with Crippen LogP contribution in [0.15, 0.2) is 15.8 Å². The number of aromatic carboxylic acids is 1. The number of nitrogens with zero attached hydrogens (tertiary/aromatic N) is 1. The van der Waals surface area contributed by atoms with Gasteiger partial charge >= 0.3 is 11.7 Å². The Morgan fingerprint density at radius 3 is 2.61 bits per heavy atom. The quantitative estimate of drug-likeness (QED) is 0.682. The summed E-state index contributed by atoms with van der Waals surface area (Å²) in [5, 5.41) is 8.77. The maximum absolute atomic E-state index is 11.5. The predicted molar refractivity (Wildman–Crippen MR) is 60.6 cm³/mol. The zero-order chi connectivity index (χ0) is 13.5. The number of rotatable bonds is 2. The van der Waals surface area contributed by atoms with E-state index in [1.54, 1.807) is 0 Å². The highest BCUT2D eigenvalue weighted by Gasteiger charge is 2.30. The molecule has 1 aromatic rings. The number of carbonyl (C=O) groups is 1. The van der Waals surface area contributed by atoms with E-state index in [-0.39, 0.29) is 17.9 Å². The van der Waals surface area contributed by atoms with Crippen LogP contribution in [0.25, 0.3) is 0 Å². The SMILES string of the molecule is O=C(O)c1cn([C@H]2CCS(=O)(=O)C2)c(=O)[nH]c1=O. The van der Waals surface area contributed by atoms with Crippen molar-refractivity contribution in [3.8, 4) is 0 Å². The van der Waals surface area contributed by atoms with Gasteiger partial charge < -0.3 is 5.11 Å². The van der Waals surface area contributed by atoms with E-state index in [0.29, 0.717) is 0 Å². The number of aromatic nitrogens is 2. The zero-order valence-electron chi connectivity index (χ0n) is 9.12. The van der Waals surface area contributed by atoms with Gasteiger partial charge in [0.05, 0.1) is 17.5 Å². The topological polar surface area (TPSA) is 126 Å². The van der Waals surface area contributed by atoms with Gasteiger partial charge in [-0.05, 0) is 6.42 Å². The first kappa shape index (κ1) is 12.6. The second-order valence-corrected chi connectivity index (χ2v) is 6.30. The number of aromatic amines is 1. The Kier molecular flexibility index (Phi) is 2.85. The molecule has 0 aliphatic carbocycles. The summed E-state index contributed by atoms with van der Waals surface area (Å²) in [7, 11) is -3.20. The molecular weight excluding hydrogens is 264 g/mol. The van der Waals surface area contributed by atoms with Crippen molar-refractivity contribution in [3.63, 3.8) is 0 Å². The van der Waals surface area contributed by atoms with Crippen molar-refractivity contribution in [1.82, 2.24) is 9.55 Å². The molecule has 1 saturated heterocycles. The predicted octanol–water partition coefficient (Wildman–Crippen LogP) is -1.41. The summed E-state index contributed by atoms with van der Waals surface area (Å²) < 4.78 is 23.6. The van der Waals surface area contributed by atoms with Crippen LogP contribution in [-0.4, -0.2) is 40.6 Å². The molecule has 0 spiro atoms. The summed E-state index contributed by atoms with van der Waals surface area (Å²) >= 11 is 0. The highest BCUT2D eigenvalue weighted by atomic mass is 32.2. The summed E-state index contributed by atoms with van der Waals surface area (Å²) in [4.78, 5) is 35.4. The van der Waals surface area contributed by atoms with Crippen LogP contribution in [0.1, 0.15) is 22.8 Å². The molecule has 0 amide bonds. The standard InChI is InChI=1S/C9H10N2O6S/c12-7-6(8(13)14)3-11(9(15)10-7)5-1-2-18(16,17)4-5/h3,5H,1-2,4H2,(H,13,14)(H,10,12,15)/t5-/m0/s1. The van der Waals surface area contributed by atoms with Gasteiger partial charge in [-0.2, -0.15) is 0 Å². The fourth-order valence-corrected chi connectivity index (χ4v) is 3.62. The van der Waals surface area contributed by atoms with E-state index < -0.39 is 38.7 Å². The Bertz CT molecular complexity index is 713. The van der Waals surface area contributed by atoms with Crippen molar-refractivity contribution in [2.45, 2.75) is 12.5 Å². The molecule has 18 heavy (non-hydrogen) atoms. The fraction of sp³-hybridized carbons (Fsp3) is 0.444. The van der Waals surface area contributed by atoms with Gasteiger partial charge in [-0.1, -0.05) is 0 Å². The number of sulfone groups is 1. The number of nitrogens with one attached hydrogen (secondary N) is 1. The number of carboxylic acid groups (broad SMARTS) is 1. The van der Waals surface area contributed by atoms with Crippen molar-refractivity contribution < 1.29 is 18.3 Å². The van der Waals surface area contributed by atoms with Crippen LogP contribution in [0.3, 0.4) is 0 Å². The van der Waals surface area contributed by atoms with Gasteiger partial charge in [-0.3, -0.25) is 14.3 Å². The van der Waals surface area contributed by atoms with Gasteiger partial charge in [0.1, 0.15) is 5.56 Å². The van der Waals surface area contributed by atoms with Crippen molar-refractivity contribution >= 4 is 15.8 Å². The van der Waals surface area contributed by atoms with Gasteiger partial charge in [-0.25, -0.2) is 18.0 Å². The molecule has 2 rings (SSSR count). The van der Waals surface area contributed by atoms with Gasteiger partial charge in [0.25, 0.3) is 5.56 Å². The lowest BCUT2D eigenvalue weighted by Crippen LogP contribution is -2.35. The molecule has 0 unspecified atom stereocenters. The lowest BCUT2D eigenvalue weighted by atomic mass is 10.2. The molecule has 1 aliphatic rings. The maximum Gasteiger partial charge on any atom is 0.342 e. The van der Waals surface area contributed by atoms with E-state index in [1.165, 1.54) is 0 Å². The molecule has 0 saturated carbocycles. The average molecular weight is 274 g/mol. The van der Waals surface area contributed by atoms with E-state index in [1.807, 2.05) is 4.98 Å². The number of carboxylic acids is 1. The van der Waals surface area contributed by atoms with Gasteiger partial charge in [0.2, 0.25) is 0 Å². The van der Waals surface area contributed by atoms with E-state index in [9.17, 15) is 22.8 Å². The molecule has 98 valence electrons. The minimum Gasteiger partial charge on any atom is -0.477 e. The lowest BCUT2D eigenvalue weighted by molar-refractivity contribution is 0.0693. The van der Waals surface area contributed by atoms with E-state index in [4.69, 9.17) is 5.11 Å². The van der Waals surface area contributed by atoms with Crippen molar-refractivity contribution in [3.05, 3.63) is 32.6 Å². The molecule has 1 aromatic heterocycles. The summed E-state index contributed by atoms with van der Waals surface area (Å²) in [6, 6.07) is -0.627. The molecule has 1 fully saturated rings. The summed E-state index contributed by atoms with van der Waals surface area (Å²) in [6.07, 6.45) is 1.13. The maximum atomic E-state index is 11.5. The smallest absolute Gasteiger partial charge is 0.342 e. The third-order valence-electron chi connectivity index (χ3n) is 2.80. The third kappa shape index (κ3) is 2.21. The molecule has 2 N–H and O–H groups in total. The second-order valence-electron chi connectivity index (χ2n) is 4.07. The molecule has 2 heterocycles. The first-order valence-corrected chi connectivity index (χ1v) is 6.91. The van der Waals surface area contributed by atoms with E-state index in [2.05, 4.69) is 0 Å². The normalized spacial score (nSPS) is 21.9. The number of hydrogen-bond donors (Lipinski definition) is 2. The number of H-pyrrole nitrogens is 1. The van der Waals surface area contributed by atoms with Crippen molar-refractivity contribution in [2.75, 3.05) is 11.5 Å². The molecule has 1 aliphatic heterocycles. The largest absolute Gasteiger partial charge is 0.477 e. The molecule has 8 nitrogen and oxygen atoms in total. The summed E-state index contributed by atoms with van der Waals surface area (Å²) in [6.45, 7) is 0. The molecule has 9 heteroatoms.